The maximum Gasteiger partial charge on any atom is 0.256 e. The molecule has 0 bridgehead atoms. The van der Waals surface area contributed by atoms with E-state index in [-0.39, 0.29) is 5.91 Å². The molecule has 0 fully saturated rings. The molecule has 0 spiro atoms. The molecule has 0 aliphatic rings. The summed E-state index contributed by atoms with van der Waals surface area (Å²) < 4.78 is 0. The molecule has 1 N–H and O–H groups in total. The average Bonchev–Trinajstić information content (AvgIpc) is 2.50. The van der Waals surface area contributed by atoms with Gasteiger partial charge >= 0.3 is 0 Å². The Balaban J connectivity index is 1.99. The maximum absolute atomic E-state index is 12.6. The van der Waals surface area contributed by atoms with Crippen LogP contribution in [0.4, 0.5) is 5.69 Å². The predicted molar refractivity (Wildman–Crippen MR) is 85.6 cm³/mol. The number of carbonyl (C=O) groups excluding carboxylic acids is 1. The van der Waals surface area contributed by atoms with Gasteiger partial charge in [-0.05, 0) is 49.2 Å². The van der Waals surface area contributed by atoms with Crippen LogP contribution >= 0.6 is 0 Å². The maximum atomic E-state index is 12.6. The summed E-state index contributed by atoms with van der Waals surface area (Å²) in [5, 5.41) is 3.86. The van der Waals surface area contributed by atoms with Crippen molar-refractivity contribution in [2.75, 3.05) is 5.32 Å². The summed E-state index contributed by atoms with van der Waals surface area (Å²) in [5.74, 6) is -0.109. The van der Waals surface area contributed by atoms with Crippen molar-refractivity contribution in [3.05, 3.63) is 71.4 Å². The van der Waals surface area contributed by atoms with Crippen LogP contribution in [0, 0.1) is 13.8 Å². The second-order valence-electron chi connectivity index (χ2n) is 5.15. The SMILES string of the molecule is Cc1ccc(C)c(NC(=O)c2cccc3ncccc23)c1. The first-order valence-electron chi connectivity index (χ1n) is 6.87. The Morgan fingerprint density at radius 1 is 1.05 bits per heavy atom. The Hall–Kier alpha value is -2.68. The molecule has 3 nitrogen and oxygen atoms in total. The normalized spacial score (nSPS) is 10.6. The number of anilines is 1. The molecule has 0 aliphatic heterocycles. The fourth-order valence-electron chi connectivity index (χ4n) is 2.36. The molecule has 0 aliphatic carbocycles. The Morgan fingerprint density at radius 3 is 2.76 bits per heavy atom. The number of nitrogens with zero attached hydrogens (tertiary/aromatic N) is 1. The lowest BCUT2D eigenvalue weighted by Crippen LogP contribution is -2.13. The first-order valence-corrected chi connectivity index (χ1v) is 6.87. The number of carbonyl (C=O) groups is 1. The molecule has 104 valence electrons. The van der Waals surface area contributed by atoms with E-state index in [0.29, 0.717) is 5.56 Å². The van der Waals surface area contributed by atoms with Gasteiger partial charge in [0.2, 0.25) is 0 Å². The van der Waals surface area contributed by atoms with Gasteiger partial charge in [0.25, 0.3) is 5.91 Å². The van der Waals surface area contributed by atoms with Crippen molar-refractivity contribution in [1.82, 2.24) is 4.98 Å². The third-order valence-electron chi connectivity index (χ3n) is 3.53. The summed E-state index contributed by atoms with van der Waals surface area (Å²) in [6.45, 7) is 4.00. The van der Waals surface area contributed by atoms with Crippen molar-refractivity contribution in [3.63, 3.8) is 0 Å². The lowest BCUT2D eigenvalue weighted by molar-refractivity contribution is 0.102. The van der Waals surface area contributed by atoms with E-state index < -0.39 is 0 Å². The minimum atomic E-state index is -0.109. The number of hydrogen-bond donors (Lipinski definition) is 1. The van der Waals surface area contributed by atoms with Crippen molar-refractivity contribution >= 4 is 22.5 Å². The summed E-state index contributed by atoms with van der Waals surface area (Å²) in [4.78, 5) is 16.8. The summed E-state index contributed by atoms with van der Waals surface area (Å²) in [6.07, 6.45) is 1.73. The van der Waals surface area contributed by atoms with Crippen molar-refractivity contribution in [2.45, 2.75) is 13.8 Å². The van der Waals surface area contributed by atoms with Gasteiger partial charge in [-0.3, -0.25) is 9.78 Å². The van der Waals surface area contributed by atoms with E-state index in [1.807, 2.05) is 62.4 Å². The first kappa shape index (κ1) is 13.3. The van der Waals surface area contributed by atoms with Crippen LogP contribution in [-0.2, 0) is 0 Å². The molecule has 0 saturated heterocycles. The molecule has 0 radical (unpaired) electrons. The number of fused-ring (bicyclic) bond motifs is 1. The smallest absolute Gasteiger partial charge is 0.256 e. The minimum absolute atomic E-state index is 0.109. The number of aromatic nitrogens is 1. The first-order chi connectivity index (χ1) is 10.1. The lowest BCUT2D eigenvalue weighted by Gasteiger charge is -2.10. The molecular weight excluding hydrogens is 260 g/mol. The highest BCUT2D eigenvalue weighted by Gasteiger charge is 2.11. The zero-order chi connectivity index (χ0) is 14.8. The van der Waals surface area contributed by atoms with E-state index in [1.54, 1.807) is 6.20 Å². The highest BCUT2D eigenvalue weighted by molar-refractivity contribution is 6.12. The molecule has 21 heavy (non-hydrogen) atoms. The predicted octanol–water partition coefficient (Wildman–Crippen LogP) is 4.10. The fraction of sp³-hybridized carbons (Fsp3) is 0.111. The molecule has 0 saturated carbocycles. The fourth-order valence-corrected chi connectivity index (χ4v) is 2.36. The Labute approximate surface area is 123 Å². The minimum Gasteiger partial charge on any atom is -0.322 e. The Morgan fingerprint density at radius 2 is 1.90 bits per heavy atom. The van der Waals surface area contributed by atoms with Gasteiger partial charge in [0.15, 0.2) is 0 Å². The quantitative estimate of drug-likeness (QED) is 0.765. The van der Waals surface area contributed by atoms with Gasteiger partial charge in [-0.1, -0.05) is 24.3 Å². The van der Waals surface area contributed by atoms with E-state index in [1.165, 1.54) is 0 Å². The molecule has 0 unspecified atom stereocenters. The van der Waals surface area contributed by atoms with Crippen molar-refractivity contribution in [1.29, 1.82) is 0 Å². The van der Waals surface area contributed by atoms with Gasteiger partial charge in [-0.2, -0.15) is 0 Å². The van der Waals surface area contributed by atoms with Crippen molar-refractivity contribution in [2.24, 2.45) is 0 Å². The van der Waals surface area contributed by atoms with Crippen LogP contribution in [0.1, 0.15) is 21.5 Å². The monoisotopic (exact) mass is 276 g/mol. The van der Waals surface area contributed by atoms with E-state index in [2.05, 4.69) is 10.3 Å². The summed E-state index contributed by atoms with van der Waals surface area (Å²) in [5.41, 5.74) is 4.48. The van der Waals surface area contributed by atoms with Gasteiger partial charge in [0.05, 0.1) is 5.52 Å². The van der Waals surface area contributed by atoms with Crippen LogP contribution in [0.3, 0.4) is 0 Å². The summed E-state index contributed by atoms with van der Waals surface area (Å²) >= 11 is 0. The number of aryl methyl sites for hydroxylation is 2. The van der Waals surface area contributed by atoms with Crippen LogP contribution in [0.25, 0.3) is 10.9 Å². The number of amides is 1. The van der Waals surface area contributed by atoms with Crippen molar-refractivity contribution < 1.29 is 4.79 Å². The van der Waals surface area contributed by atoms with Crippen molar-refractivity contribution in [3.8, 4) is 0 Å². The molecule has 3 rings (SSSR count). The van der Waals surface area contributed by atoms with Gasteiger partial charge in [-0.25, -0.2) is 0 Å². The third kappa shape index (κ3) is 2.63. The average molecular weight is 276 g/mol. The molecule has 3 heteroatoms. The van der Waals surface area contributed by atoms with E-state index in [4.69, 9.17) is 0 Å². The molecular formula is C18H16N2O. The van der Waals surface area contributed by atoms with E-state index in [9.17, 15) is 4.79 Å². The van der Waals surface area contributed by atoms with Gasteiger partial charge in [-0.15, -0.1) is 0 Å². The number of rotatable bonds is 2. The summed E-state index contributed by atoms with van der Waals surface area (Å²) in [6, 6.07) is 15.4. The van der Waals surface area contributed by atoms with Gasteiger partial charge < -0.3 is 5.32 Å². The number of hydrogen-bond acceptors (Lipinski definition) is 2. The van der Waals surface area contributed by atoms with Crippen LogP contribution in [-0.4, -0.2) is 10.9 Å². The standard InChI is InChI=1S/C18H16N2O/c1-12-8-9-13(2)17(11-12)20-18(21)15-5-3-7-16-14(15)6-4-10-19-16/h3-11H,1-2H3,(H,20,21). The molecule has 1 aromatic heterocycles. The van der Waals surface area contributed by atoms with Gasteiger partial charge in [0, 0.05) is 22.8 Å². The summed E-state index contributed by atoms with van der Waals surface area (Å²) in [7, 11) is 0. The number of pyridine rings is 1. The third-order valence-corrected chi connectivity index (χ3v) is 3.53. The van der Waals surface area contributed by atoms with E-state index >= 15 is 0 Å². The van der Waals surface area contributed by atoms with Crippen LogP contribution in [0.5, 0.6) is 0 Å². The Bertz CT molecular complexity index is 819. The van der Waals surface area contributed by atoms with Gasteiger partial charge in [0.1, 0.15) is 0 Å². The van der Waals surface area contributed by atoms with Crippen LogP contribution in [0.2, 0.25) is 0 Å². The number of nitrogens with one attached hydrogen (secondary N) is 1. The molecule has 3 aromatic rings. The topological polar surface area (TPSA) is 42.0 Å². The largest absolute Gasteiger partial charge is 0.322 e. The molecule has 1 amide bonds. The molecule has 0 atom stereocenters. The second kappa shape index (κ2) is 5.37. The van der Waals surface area contributed by atoms with Crippen LogP contribution in [0.15, 0.2) is 54.7 Å². The highest BCUT2D eigenvalue weighted by atomic mass is 16.1. The zero-order valence-corrected chi connectivity index (χ0v) is 12.1. The second-order valence-corrected chi connectivity index (χ2v) is 5.15. The molecule has 1 heterocycles. The molecule has 2 aromatic carbocycles. The van der Waals surface area contributed by atoms with Crippen LogP contribution < -0.4 is 5.32 Å². The lowest BCUT2D eigenvalue weighted by atomic mass is 10.1. The van der Waals surface area contributed by atoms with E-state index in [0.717, 1.165) is 27.7 Å². The number of benzene rings is 2. The zero-order valence-electron chi connectivity index (χ0n) is 12.1. The Kier molecular flexibility index (Phi) is 3.40. The highest BCUT2D eigenvalue weighted by Crippen LogP contribution is 2.20.